The maximum Gasteiger partial charge on any atom is 0.0718 e. The summed E-state index contributed by atoms with van der Waals surface area (Å²) >= 11 is 7.76. The van der Waals surface area contributed by atoms with Crippen molar-refractivity contribution in [3.8, 4) is 0 Å². The molecule has 0 bridgehead atoms. The Morgan fingerprint density at radius 3 is 2.53 bits per heavy atom. The highest BCUT2D eigenvalue weighted by Gasteiger charge is 2.14. The fraction of sp³-hybridized carbons (Fsp3) is 0.231. The molecule has 2 rings (SSSR count). The quantitative estimate of drug-likeness (QED) is 0.658. The Balaban J connectivity index is 2.38. The Hall–Kier alpha value is -0.870. The number of hydrogen-bond acceptors (Lipinski definition) is 3. The zero-order valence-corrected chi connectivity index (χ0v) is 11.4. The van der Waals surface area contributed by atoms with Gasteiger partial charge in [-0.2, -0.15) is 0 Å². The van der Waals surface area contributed by atoms with E-state index in [1.807, 2.05) is 19.1 Å². The van der Waals surface area contributed by atoms with Gasteiger partial charge >= 0.3 is 0 Å². The van der Waals surface area contributed by atoms with Gasteiger partial charge in [-0.25, -0.2) is 5.43 Å². The van der Waals surface area contributed by atoms with Crippen LogP contribution < -0.4 is 11.3 Å². The molecule has 0 aliphatic rings. The van der Waals surface area contributed by atoms with Gasteiger partial charge in [0.2, 0.25) is 0 Å². The molecule has 3 N–H and O–H groups in total. The molecule has 2 aromatic rings. The van der Waals surface area contributed by atoms with Crippen LogP contribution in [0, 0.1) is 13.8 Å². The summed E-state index contributed by atoms with van der Waals surface area (Å²) in [6, 6.07) is 8.16. The summed E-state index contributed by atoms with van der Waals surface area (Å²) in [6.07, 6.45) is 0. The third-order valence-corrected chi connectivity index (χ3v) is 4.07. The third kappa shape index (κ3) is 2.69. The summed E-state index contributed by atoms with van der Waals surface area (Å²) in [5.74, 6) is 5.66. The maximum absolute atomic E-state index is 6.03. The van der Waals surface area contributed by atoms with Crippen molar-refractivity contribution in [2.45, 2.75) is 19.9 Å². The number of aryl methyl sites for hydroxylation is 2. The van der Waals surface area contributed by atoms with E-state index in [0.29, 0.717) is 0 Å². The lowest BCUT2D eigenvalue weighted by molar-refractivity contribution is 0.638. The first-order valence-electron chi connectivity index (χ1n) is 5.39. The van der Waals surface area contributed by atoms with Crippen molar-refractivity contribution in [1.29, 1.82) is 0 Å². The molecule has 17 heavy (non-hydrogen) atoms. The predicted molar refractivity (Wildman–Crippen MR) is 74.4 cm³/mol. The Morgan fingerprint density at radius 2 is 2.00 bits per heavy atom. The summed E-state index contributed by atoms with van der Waals surface area (Å²) in [7, 11) is 0. The van der Waals surface area contributed by atoms with Crippen LogP contribution in [-0.4, -0.2) is 0 Å². The van der Waals surface area contributed by atoms with Crippen LogP contribution in [0.1, 0.15) is 27.6 Å². The topological polar surface area (TPSA) is 38.0 Å². The minimum absolute atomic E-state index is 0.0240. The largest absolute Gasteiger partial charge is 0.271 e. The highest BCUT2D eigenvalue weighted by molar-refractivity contribution is 7.10. The molecule has 4 heteroatoms. The van der Waals surface area contributed by atoms with E-state index in [1.54, 1.807) is 11.3 Å². The molecule has 0 saturated carbocycles. The maximum atomic E-state index is 6.03. The van der Waals surface area contributed by atoms with Gasteiger partial charge in [-0.15, -0.1) is 11.3 Å². The summed E-state index contributed by atoms with van der Waals surface area (Å²) in [4.78, 5) is 1.28. The second kappa shape index (κ2) is 5.19. The first kappa shape index (κ1) is 12.6. The van der Waals surface area contributed by atoms with Crippen molar-refractivity contribution < 1.29 is 0 Å². The van der Waals surface area contributed by atoms with Crippen molar-refractivity contribution >= 4 is 22.9 Å². The number of thiophene rings is 1. The Kier molecular flexibility index (Phi) is 3.84. The lowest BCUT2D eigenvalue weighted by Crippen LogP contribution is -2.28. The Labute approximate surface area is 110 Å². The van der Waals surface area contributed by atoms with E-state index >= 15 is 0 Å². The van der Waals surface area contributed by atoms with Crippen LogP contribution in [0.15, 0.2) is 29.6 Å². The molecule has 2 nitrogen and oxygen atoms in total. The summed E-state index contributed by atoms with van der Waals surface area (Å²) < 4.78 is 0. The summed E-state index contributed by atoms with van der Waals surface area (Å²) in [6.45, 7) is 4.09. The lowest BCUT2D eigenvalue weighted by atomic mass is 10.00. The molecule has 0 saturated heterocycles. The third-order valence-electron chi connectivity index (χ3n) is 2.77. The zero-order valence-electron chi connectivity index (χ0n) is 9.83. The van der Waals surface area contributed by atoms with E-state index in [1.165, 1.54) is 10.4 Å². The molecule has 1 aromatic heterocycles. The number of halogens is 1. The van der Waals surface area contributed by atoms with Gasteiger partial charge in [-0.3, -0.25) is 5.84 Å². The van der Waals surface area contributed by atoms with Gasteiger partial charge < -0.3 is 0 Å². The SMILES string of the molecule is Cc1cc(C(NN)c2ccc(Cl)c(C)c2)cs1. The Morgan fingerprint density at radius 1 is 1.24 bits per heavy atom. The van der Waals surface area contributed by atoms with E-state index in [0.717, 1.165) is 16.1 Å². The van der Waals surface area contributed by atoms with Crippen LogP contribution in [0.3, 0.4) is 0 Å². The van der Waals surface area contributed by atoms with Crippen LogP contribution >= 0.6 is 22.9 Å². The molecule has 0 aliphatic heterocycles. The number of hydrazine groups is 1. The minimum atomic E-state index is 0.0240. The number of rotatable bonds is 3. The number of nitrogens with one attached hydrogen (secondary N) is 1. The average molecular weight is 267 g/mol. The Bertz CT molecular complexity index is 522. The van der Waals surface area contributed by atoms with E-state index in [-0.39, 0.29) is 6.04 Å². The normalized spacial score (nSPS) is 12.7. The predicted octanol–water partition coefficient (Wildman–Crippen LogP) is 3.57. The number of nitrogens with two attached hydrogens (primary N) is 1. The molecule has 0 radical (unpaired) electrons. The zero-order chi connectivity index (χ0) is 12.4. The molecule has 1 atom stereocenters. The van der Waals surface area contributed by atoms with Gasteiger partial charge in [0.25, 0.3) is 0 Å². The van der Waals surface area contributed by atoms with Gasteiger partial charge in [0.05, 0.1) is 6.04 Å². The van der Waals surface area contributed by atoms with Gasteiger partial charge in [-0.1, -0.05) is 23.7 Å². The number of hydrogen-bond donors (Lipinski definition) is 2. The van der Waals surface area contributed by atoms with Crippen molar-refractivity contribution in [2.24, 2.45) is 5.84 Å². The van der Waals surface area contributed by atoms with Crippen molar-refractivity contribution in [1.82, 2.24) is 5.43 Å². The standard InChI is InChI=1S/C13H15ClN2S/c1-8-5-10(3-4-12(8)14)13(16-15)11-6-9(2)17-7-11/h3-7,13,16H,15H2,1-2H3. The highest BCUT2D eigenvalue weighted by Crippen LogP contribution is 2.28. The van der Waals surface area contributed by atoms with E-state index in [9.17, 15) is 0 Å². The molecule has 0 amide bonds. The molecular weight excluding hydrogens is 252 g/mol. The van der Waals surface area contributed by atoms with E-state index in [4.69, 9.17) is 17.4 Å². The summed E-state index contributed by atoms with van der Waals surface area (Å²) in [5.41, 5.74) is 6.25. The molecular formula is C13H15ClN2S. The molecule has 0 aliphatic carbocycles. The second-order valence-corrected chi connectivity index (χ2v) is 5.62. The van der Waals surface area contributed by atoms with Crippen LogP contribution in [0.4, 0.5) is 0 Å². The lowest BCUT2D eigenvalue weighted by Gasteiger charge is -2.16. The molecule has 1 unspecified atom stereocenters. The summed E-state index contributed by atoms with van der Waals surface area (Å²) in [5, 5.41) is 2.91. The molecule has 0 spiro atoms. The van der Waals surface area contributed by atoms with E-state index < -0.39 is 0 Å². The molecule has 1 heterocycles. The van der Waals surface area contributed by atoms with Crippen LogP contribution in [0.25, 0.3) is 0 Å². The van der Waals surface area contributed by atoms with Gasteiger partial charge in [-0.05, 0) is 48.1 Å². The van der Waals surface area contributed by atoms with Crippen molar-refractivity contribution in [2.75, 3.05) is 0 Å². The van der Waals surface area contributed by atoms with Crippen LogP contribution in [0.2, 0.25) is 5.02 Å². The van der Waals surface area contributed by atoms with E-state index in [2.05, 4.69) is 29.9 Å². The average Bonchev–Trinajstić information content (AvgIpc) is 2.71. The van der Waals surface area contributed by atoms with Gasteiger partial charge in [0.1, 0.15) is 0 Å². The number of benzene rings is 1. The molecule has 1 aromatic carbocycles. The minimum Gasteiger partial charge on any atom is -0.271 e. The highest BCUT2D eigenvalue weighted by atomic mass is 35.5. The van der Waals surface area contributed by atoms with Crippen LogP contribution in [0.5, 0.6) is 0 Å². The molecule has 0 fully saturated rings. The first-order valence-corrected chi connectivity index (χ1v) is 6.65. The van der Waals surface area contributed by atoms with Crippen molar-refractivity contribution in [3.63, 3.8) is 0 Å². The fourth-order valence-electron chi connectivity index (χ4n) is 1.85. The molecule has 90 valence electrons. The monoisotopic (exact) mass is 266 g/mol. The fourth-order valence-corrected chi connectivity index (χ4v) is 2.70. The van der Waals surface area contributed by atoms with Crippen LogP contribution in [-0.2, 0) is 0 Å². The first-order chi connectivity index (χ1) is 8.11. The van der Waals surface area contributed by atoms with Gasteiger partial charge in [0.15, 0.2) is 0 Å². The van der Waals surface area contributed by atoms with Crippen molar-refractivity contribution in [3.05, 3.63) is 56.2 Å². The van der Waals surface area contributed by atoms with Gasteiger partial charge in [0, 0.05) is 9.90 Å². The second-order valence-electron chi connectivity index (χ2n) is 4.10. The smallest absolute Gasteiger partial charge is 0.0718 e.